The zero-order valence-corrected chi connectivity index (χ0v) is 22.5. The molecule has 2 aromatic heterocycles. The number of aromatic carboxylic acids is 1. The molecule has 5 rings (SSSR count). The van der Waals surface area contributed by atoms with Crippen LogP contribution in [-0.4, -0.2) is 43.1 Å². The minimum atomic E-state index is -0.985. The second-order valence-electron chi connectivity index (χ2n) is 9.47. The van der Waals surface area contributed by atoms with Crippen molar-refractivity contribution in [2.24, 2.45) is 0 Å². The minimum Gasteiger partial charge on any atom is -0.478 e. The number of thiocarbonyl (C=S) groups is 1. The van der Waals surface area contributed by atoms with Gasteiger partial charge in [0.05, 0.1) is 29.0 Å². The number of carbonyl (C=O) groups is 2. The average molecular weight is 540 g/mol. The Morgan fingerprint density at radius 2 is 1.74 bits per heavy atom. The Labute approximate surface area is 232 Å². The van der Waals surface area contributed by atoms with Gasteiger partial charge in [-0.1, -0.05) is 36.4 Å². The van der Waals surface area contributed by atoms with Gasteiger partial charge in [0.2, 0.25) is 5.91 Å². The van der Waals surface area contributed by atoms with Crippen molar-refractivity contribution in [2.45, 2.75) is 32.4 Å². The number of pyridine rings is 1. The van der Waals surface area contributed by atoms with E-state index in [0.29, 0.717) is 17.3 Å². The van der Waals surface area contributed by atoms with E-state index in [-0.39, 0.29) is 30.0 Å². The minimum absolute atomic E-state index is 0.107. The first-order valence-corrected chi connectivity index (χ1v) is 13.1. The van der Waals surface area contributed by atoms with E-state index in [1.807, 2.05) is 84.0 Å². The summed E-state index contributed by atoms with van der Waals surface area (Å²) in [5.41, 5.74) is 5.18. The first-order valence-electron chi connectivity index (χ1n) is 12.7. The van der Waals surface area contributed by atoms with E-state index < -0.39 is 5.97 Å². The van der Waals surface area contributed by atoms with Crippen molar-refractivity contribution in [1.82, 2.24) is 19.8 Å². The standard InChI is InChI=1S/C30H29N5O3S/c1-19-18-23(20(2)35(19)25-14-7-6-12-22(25)29(37)38)28-27(24-13-8-9-16-31-24)33-30(39)34(28)17-15-26(36)32-21-10-4-3-5-11-21/h3-14,16,18,27-28H,15,17H2,1-2H3,(H,32,36)(H,33,39)(H,37,38)/t27-,28+/m1/s1. The Balaban J connectivity index is 1.51. The molecule has 2 atom stereocenters. The van der Waals surface area contributed by atoms with Crippen molar-refractivity contribution in [3.8, 4) is 5.69 Å². The quantitative estimate of drug-likeness (QED) is 0.265. The van der Waals surface area contributed by atoms with Crippen molar-refractivity contribution >= 4 is 34.9 Å². The molecule has 0 saturated carbocycles. The second kappa shape index (κ2) is 11.1. The predicted octanol–water partition coefficient (Wildman–Crippen LogP) is 5.19. The number of aromatic nitrogens is 2. The maximum Gasteiger partial charge on any atom is 0.337 e. The molecule has 2 aromatic carbocycles. The molecule has 1 fully saturated rings. The summed E-state index contributed by atoms with van der Waals surface area (Å²) in [7, 11) is 0. The van der Waals surface area contributed by atoms with Gasteiger partial charge in [-0.3, -0.25) is 9.78 Å². The zero-order chi connectivity index (χ0) is 27.5. The molecule has 0 bridgehead atoms. The highest BCUT2D eigenvalue weighted by molar-refractivity contribution is 7.80. The van der Waals surface area contributed by atoms with Crippen LogP contribution in [0.1, 0.15) is 51.5 Å². The van der Waals surface area contributed by atoms with Crippen molar-refractivity contribution in [2.75, 3.05) is 11.9 Å². The fraction of sp³-hybridized carbons (Fsp3) is 0.200. The van der Waals surface area contributed by atoms with Gasteiger partial charge in [0.25, 0.3) is 0 Å². The van der Waals surface area contributed by atoms with E-state index in [1.54, 1.807) is 18.3 Å². The van der Waals surface area contributed by atoms with Crippen molar-refractivity contribution < 1.29 is 14.7 Å². The molecule has 1 amide bonds. The SMILES string of the molecule is Cc1cc([C@H]2[C@@H](c3ccccn3)NC(=S)N2CCC(=O)Nc2ccccc2)c(C)n1-c1ccccc1C(=O)O. The number of benzene rings is 2. The summed E-state index contributed by atoms with van der Waals surface area (Å²) >= 11 is 5.78. The highest BCUT2D eigenvalue weighted by Crippen LogP contribution is 2.41. The highest BCUT2D eigenvalue weighted by atomic mass is 32.1. The molecule has 0 unspecified atom stereocenters. The van der Waals surface area contributed by atoms with Crippen LogP contribution in [0.25, 0.3) is 5.69 Å². The number of rotatable bonds is 8. The van der Waals surface area contributed by atoms with Crippen molar-refractivity contribution in [1.29, 1.82) is 0 Å². The average Bonchev–Trinajstić information content (AvgIpc) is 3.42. The van der Waals surface area contributed by atoms with Gasteiger partial charge in [-0.15, -0.1) is 0 Å². The van der Waals surface area contributed by atoms with Crippen LogP contribution >= 0.6 is 12.2 Å². The summed E-state index contributed by atoms with van der Waals surface area (Å²) in [5, 5.41) is 16.7. The fourth-order valence-electron chi connectivity index (χ4n) is 5.26. The van der Waals surface area contributed by atoms with E-state index in [9.17, 15) is 14.7 Å². The van der Waals surface area contributed by atoms with Gasteiger partial charge in [0, 0.05) is 36.2 Å². The molecule has 198 valence electrons. The molecule has 9 heteroatoms. The van der Waals surface area contributed by atoms with Gasteiger partial charge < -0.3 is 25.2 Å². The molecule has 0 spiro atoms. The number of anilines is 1. The van der Waals surface area contributed by atoms with Crippen molar-refractivity contribution in [3.63, 3.8) is 0 Å². The maximum atomic E-state index is 12.8. The van der Waals surface area contributed by atoms with Gasteiger partial charge in [-0.2, -0.15) is 0 Å². The smallest absolute Gasteiger partial charge is 0.337 e. The second-order valence-corrected chi connectivity index (χ2v) is 9.86. The number of para-hydroxylation sites is 2. The molecule has 0 radical (unpaired) electrons. The molecule has 3 N–H and O–H groups in total. The van der Waals surface area contributed by atoms with Crippen molar-refractivity contribution in [3.05, 3.63) is 113 Å². The maximum absolute atomic E-state index is 12.8. The molecule has 39 heavy (non-hydrogen) atoms. The number of nitrogens with zero attached hydrogens (tertiary/aromatic N) is 3. The summed E-state index contributed by atoms with van der Waals surface area (Å²) in [6, 6.07) is 23.7. The highest BCUT2D eigenvalue weighted by Gasteiger charge is 2.41. The van der Waals surface area contributed by atoms with Gasteiger partial charge in [-0.25, -0.2) is 4.79 Å². The molecule has 0 aliphatic carbocycles. The number of amides is 1. The third kappa shape index (κ3) is 5.26. The number of carboxylic acids is 1. The Morgan fingerprint density at radius 1 is 1.03 bits per heavy atom. The van der Waals surface area contributed by atoms with Crippen LogP contribution in [0.3, 0.4) is 0 Å². The molecule has 1 aliphatic heterocycles. The molecule has 1 saturated heterocycles. The molecule has 4 aromatic rings. The lowest BCUT2D eigenvalue weighted by molar-refractivity contribution is -0.116. The van der Waals surface area contributed by atoms with E-state index in [2.05, 4.69) is 21.7 Å². The number of nitrogens with one attached hydrogen (secondary N) is 2. The molecule has 1 aliphatic rings. The molecule has 3 heterocycles. The largest absolute Gasteiger partial charge is 0.478 e. The number of carbonyl (C=O) groups excluding carboxylic acids is 1. The van der Waals surface area contributed by atoms with Crippen LogP contribution in [0.15, 0.2) is 85.1 Å². The number of carboxylic acid groups (broad SMARTS) is 1. The van der Waals surface area contributed by atoms with Crippen LogP contribution in [0.4, 0.5) is 5.69 Å². The van der Waals surface area contributed by atoms with Crippen LogP contribution in [0, 0.1) is 13.8 Å². The molecular weight excluding hydrogens is 510 g/mol. The predicted molar refractivity (Wildman–Crippen MR) is 154 cm³/mol. The van der Waals surface area contributed by atoms with Gasteiger partial charge in [-0.05, 0) is 74.1 Å². The van der Waals surface area contributed by atoms with E-state index in [4.69, 9.17) is 12.2 Å². The van der Waals surface area contributed by atoms with Gasteiger partial charge in [0.1, 0.15) is 0 Å². The summed E-state index contributed by atoms with van der Waals surface area (Å²) in [5.74, 6) is -1.09. The molecule has 8 nitrogen and oxygen atoms in total. The third-order valence-electron chi connectivity index (χ3n) is 7.00. The van der Waals surface area contributed by atoms with Crippen LogP contribution in [0.5, 0.6) is 0 Å². The van der Waals surface area contributed by atoms with E-state index in [0.717, 1.165) is 28.3 Å². The van der Waals surface area contributed by atoms with E-state index in [1.165, 1.54) is 0 Å². The number of hydrogen-bond donors (Lipinski definition) is 3. The lowest BCUT2D eigenvalue weighted by Gasteiger charge is -2.28. The summed E-state index contributed by atoms with van der Waals surface area (Å²) in [4.78, 5) is 31.4. The zero-order valence-electron chi connectivity index (χ0n) is 21.7. The topological polar surface area (TPSA) is 99.5 Å². The number of aryl methyl sites for hydroxylation is 1. The van der Waals surface area contributed by atoms with Crippen LogP contribution in [-0.2, 0) is 4.79 Å². The third-order valence-corrected chi connectivity index (χ3v) is 7.35. The van der Waals surface area contributed by atoms with E-state index >= 15 is 0 Å². The monoisotopic (exact) mass is 539 g/mol. The Kier molecular flexibility index (Phi) is 7.42. The lowest BCUT2D eigenvalue weighted by Crippen LogP contribution is -2.32. The Hall–Kier alpha value is -4.50. The lowest BCUT2D eigenvalue weighted by atomic mass is 9.96. The van der Waals surface area contributed by atoms with Crippen LogP contribution < -0.4 is 10.6 Å². The summed E-state index contributed by atoms with van der Waals surface area (Å²) in [6.45, 7) is 4.34. The normalized spacial score (nSPS) is 16.7. The Morgan fingerprint density at radius 3 is 2.46 bits per heavy atom. The van der Waals surface area contributed by atoms with Gasteiger partial charge in [0.15, 0.2) is 5.11 Å². The van der Waals surface area contributed by atoms with Gasteiger partial charge >= 0.3 is 5.97 Å². The summed E-state index contributed by atoms with van der Waals surface area (Å²) in [6.07, 6.45) is 1.99. The Bertz CT molecular complexity index is 1520. The fourth-order valence-corrected chi connectivity index (χ4v) is 5.59. The summed E-state index contributed by atoms with van der Waals surface area (Å²) < 4.78 is 1.97. The first-order chi connectivity index (χ1) is 18.8. The molecular formula is C30H29N5O3S. The number of hydrogen-bond acceptors (Lipinski definition) is 4. The van der Waals surface area contributed by atoms with Crippen LogP contribution in [0.2, 0.25) is 0 Å². The first kappa shape index (κ1) is 26.1.